The quantitative estimate of drug-likeness (QED) is 0.623. The Kier molecular flexibility index (Phi) is 1.47. The van der Waals surface area contributed by atoms with Crippen LogP contribution in [0.4, 0.5) is 0 Å². The second-order valence-electron chi connectivity index (χ2n) is 2.73. The van der Waals surface area contributed by atoms with Crippen LogP contribution in [0.15, 0.2) is 6.07 Å². The van der Waals surface area contributed by atoms with E-state index in [0.717, 1.165) is 16.9 Å². The number of H-pyrrole nitrogens is 1. The van der Waals surface area contributed by atoms with Crippen LogP contribution < -0.4 is 0 Å². The van der Waals surface area contributed by atoms with Crippen LogP contribution in [-0.4, -0.2) is 19.8 Å². The summed E-state index contributed by atoms with van der Waals surface area (Å²) in [6.07, 6.45) is 0. The van der Waals surface area contributed by atoms with E-state index in [-0.39, 0.29) is 0 Å². The Balaban J connectivity index is 3.02. The third-order valence-corrected chi connectivity index (χ3v) is 1.95. The molecule has 0 saturated heterocycles. The molecule has 0 aliphatic carbocycles. The Bertz CT molecular complexity index is 482. The molecule has 0 spiro atoms. The number of fused-ring (bicyclic) bond motifs is 1. The molecule has 0 bridgehead atoms. The second kappa shape index (κ2) is 2.38. The van der Waals surface area contributed by atoms with Gasteiger partial charge in [0, 0.05) is 0 Å². The van der Waals surface area contributed by atoms with Crippen LogP contribution in [0.1, 0.15) is 11.3 Å². The van der Waals surface area contributed by atoms with Crippen LogP contribution in [0.3, 0.4) is 0 Å². The van der Waals surface area contributed by atoms with Crippen molar-refractivity contribution in [2.75, 3.05) is 0 Å². The Morgan fingerprint density at radius 2 is 2.25 bits per heavy atom. The summed E-state index contributed by atoms with van der Waals surface area (Å²) in [7, 11) is 0. The van der Waals surface area contributed by atoms with Crippen molar-refractivity contribution >= 4 is 17.9 Å². The number of nitrogens with zero attached hydrogens (tertiary/aromatic N) is 3. The molecule has 5 heteroatoms. The molecule has 12 heavy (non-hydrogen) atoms. The van der Waals surface area contributed by atoms with Crippen LogP contribution in [0, 0.1) is 18.6 Å². The first kappa shape index (κ1) is 7.42. The topological polar surface area (TPSA) is 46.0 Å². The van der Waals surface area contributed by atoms with Gasteiger partial charge in [-0.05, 0) is 37.7 Å². The molecule has 2 aromatic rings. The molecule has 2 aromatic heterocycles. The fraction of sp³-hybridized carbons (Fsp3) is 0.286. The summed E-state index contributed by atoms with van der Waals surface area (Å²) in [6, 6.07) is 1.98. The molecular formula is C7H8N4S. The maximum Gasteiger partial charge on any atom is 0.216 e. The summed E-state index contributed by atoms with van der Waals surface area (Å²) in [5, 5.41) is 11.0. The lowest BCUT2D eigenvalue weighted by molar-refractivity contribution is 0.874. The van der Waals surface area contributed by atoms with E-state index in [1.807, 2.05) is 19.9 Å². The third kappa shape index (κ3) is 0.937. The predicted molar refractivity (Wildman–Crippen MR) is 47.6 cm³/mol. The van der Waals surface area contributed by atoms with Crippen molar-refractivity contribution in [2.24, 2.45) is 0 Å². The van der Waals surface area contributed by atoms with Gasteiger partial charge in [0.1, 0.15) is 0 Å². The molecule has 2 rings (SSSR count). The minimum absolute atomic E-state index is 0.539. The SMILES string of the molecule is Cc1cc(C)c2n[nH]c(=S)n2n1. The van der Waals surface area contributed by atoms with Crippen molar-refractivity contribution in [1.29, 1.82) is 0 Å². The molecule has 62 valence electrons. The zero-order valence-electron chi connectivity index (χ0n) is 6.83. The molecule has 0 aliphatic rings. The molecule has 0 radical (unpaired) electrons. The molecular weight excluding hydrogens is 172 g/mol. The fourth-order valence-corrected chi connectivity index (χ4v) is 1.38. The van der Waals surface area contributed by atoms with Gasteiger partial charge in [-0.15, -0.1) is 0 Å². The van der Waals surface area contributed by atoms with Gasteiger partial charge in [0.2, 0.25) is 4.77 Å². The van der Waals surface area contributed by atoms with Crippen LogP contribution >= 0.6 is 12.2 Å². The van der Waals surface area contributed by atoms with Gasteiger partial charge < -0.3 is 0 Å². The number of nitrogens with one attached hydrogen (secondary N) is 1. The molecule has 0 aromatic carbocycles. The first-order valence-electron chi connectivity index (χ1n) is 3.60. The minimum Gasteiger partial charge on any atom is -0.250 e. The largest absolute Gasteiger partial charge is 0.250 e. The van der Waals surface area contributed by atoms with Crippen molar-refractivity contribution in [3.63, 3.8) is 0 Å². The summed E-state index contributed by atoms with van der Waals surface area (Å²) < 4.78 is 2.18. The Morgan fingerprint density at radius 1 is 1.50 bits per heavy atom. The smallest absolute Gasteiger partial charge is 0.216 e. The Labute approximate surface area is 74.2 Å². The number of hydrogen-bond acceptors (Lipinski definition) is 3. The van der Waals surface area contributed by atoms with E-state index in [9.17, 15) is 0 Å². The molecule has 1 N–H and O–H groups in total. The van der Waals surface area contributed by atoms with Gasteiger partial charge in [-0.1, -0.05) is 0 Å². The van der Waals surface area contributed by atoms with Crippen molar-refractivity contribution in [3.8, 4) is 0 Å². The molecule has 0 unspecified atom stereocenters. The van der Waals surface area contributed by atoms with Crippen LogP contribution in [0.5, 0.6) is 0 Å². The van der Waals surface area contributed by atoms with Crippen LogP contribution in [-0.2, 0) is 0 Å². The van der Waals surface area contributed by atoms with Crippen molar-refractivity contribution < 1.29 is 0 Å². The Morgan fingerprint density at radius 3 is 3.00 bits per heavy atom. The third-order valence-electron chi connectivity index (χ3n) is 1.69. The highest BCUT2D eigenvalue weighted by molar-refractivity contribution is 7.71. The van der Waals surface area contributed by atoms with E-state index in [0.29, 0.717) is 4.77 Å². The van der Waals surface area contributed by atoms with Crippen molar-refractivity contribution in [1.82, 2.24) is 19.8 Å². The fourth-order valence-electron chi connectivity index (χ4n) is 1.20. The number of rotatable bonds is 0. The predicted octanol–water partition coefficient (Wildman–Crippen LogP) is 1.40. The summed E-state index contributed by atoms with van der Waals surface area (Å²) in [5.41, 5.74) is 2.82. The van der Waals surface area contributed by atoms with Gasteiger partial charge in [-0.25, -0.2) is 5.10 Å². The molecule has 0 saturated carbocycles. The summed E-state index contributed by atoms with van der Waals surface area (Å²) in [6.45, 7) is 3.92. The van der Waals surface area contributed by atoms with E-state index in [2.05, 4.69) is 15.3 Å². The zero-order valence-corrected chi connectivity index (χ0v) is 7.64. The number of aromatic nitrogens is 4. The van der Waals surface area contributed by atoms with E-state index in [4.69, 9.17) is 12.2 Å². The summed E-state index contributed by atoms with van der Waals surface area (Å²) in [4.78, 5) is 0. The van der Waals surface area contributed by atoms with E-state index in [1.54, 1.807) is 4.52 Å². The number of aromatic amines is 1. The maximum atomic E-state index is 4.99. The molecule has 4 nitrogen and oxygen atoms in total. The second-order valence-corrected chi connectivity index (χ2v) is 3.12. The molecule has 0 amide bonds. The Hall–Kier alpha value is -1.23. The first-order valence-corrected chi connectivity index (χ1v) is 4.01. The minimum atomic E-state index is 0.539. The monoisotopic (exact) mass is 180 g/mol. The lowest BCUT2D eigenvalue weighted by Crippen LogP contribution is -1.96. The highest BCUT2D eigenvalue weighted by Crippen LogP contribution is 2.06. The standard InChI is InChI=1S/C7H8N4S/c1-4-3-5(2)10-11-6(4)8-9-7(11)12/h3H,1-2H3,(H,9,12). The highest BCUT2D eigenvalue weighted by atomic mass is 32.1. The van der Waals surface area contributed by atoms with Gasteiger partial charge in [0.15, 0.2) is 5.65 Å². The van der Waals surface area contributed by atoms with Gasteiger partial charge in [0.25, 0.3) is 0 Å². The normalized spacial score (nSPS) is 10.8. The van der Waals surface area contributed by atoms with E-state index >= 15 is 0 Å². The van der Waals surface area contributed by atoms with Gasteiger partial charge in [-0.2, -0.15) is 14.7 Å². The maximum absolute atomic E-state index is 4.99. The number of hydrogen-bond donors (Lipinski definition) is 1. The average molecular weight is 180 g/mol. The average Bonchev–Trinajstić information content (AvgIpc) is 2.33. The van der Waals surface area contributed by atoms with Gasteiger partial charge >= 0.3 is 0 Å². The summed E-state index contributed by atoms with van der Waals surface area (Å²) in [5.74, 6) is 0. The molecule has 0 atom stereocenters. The highest BCUT2D eigenvalue weighted by Gasteiger charge is 2.01. The summed E-state index contributed by atoms with van der Waals surface area (Å²) >= 11 is 4.99. The van der Waals surface area contributed by atoms with Crippen LogP contribution in [0.25, 0.3) is 5.65 Å². The van der Waals surface area contributed by atoms with Crippen LogP contribution in [0.2, 0.25) is 0 Å². The first-order chi connectivity index (χ1) is 5.68. The van der Waals surface area contributed by atoms with Crippen molar-refractivity contribution in [2.45, 2.75) is 13.8 Å². The number of aryl methyl sites for hydroxylation is 2. The lowest BCUT2D eigenvalue weighted by Gasteiger charge is -1.96. The van der Waals surface area contributed by atoms with E-state index in [1.165, 1.54) is 0 Å². The van der Waals surface area contributed by atoms with Gasteiger partial charge in [-0.3, -0.25) is 0 Å². The van der Waals surface area contributed by atoms with E-state index < -0.39 is 0 Å². The van der Waals surface area contributed by atoms with Gasteiger partial charge in [0.05, 0.1) is 5.69 Å². The molecule has 2 heterocycles. The molecule has 0 fully saturated rings. The van der Waals surface area contributed by atoms with Crippen molar-refractivity contribution in [3.05, 3.63) is 22.1 Å². The molecule has 0 aliphatic heterocycles. The zero-order chi connectivity index (χ0) is 8.72. The lowest BCUT2D eigenvalue weighted by atomic mass is 10.3.